The summed E-state index contributed by atoms with van der Waals surface area (Å²) >= 11 is 0. The molecule has 3 N–H and O–H groups in total. The Morgan fingerprint density at radius 1 is 1.53 bits per heavy atom. The van der Waals surface area contributed by atoms with Gasteiger partial charge in [0, 0.05) is 12.1 Å². The predicted molar refractivity (Wildman–Crippen MR) is 59.3 cm³/mol. The number of aliphatic carboxylic acids is 1. The zero-order valence-electron chi connectivity index (χ0n) is 9.89. The molecule has 0 bridgehead atoms. The number of hydrogen-bond acceptors (Lipinski definition) is 4. The largest absolute Gasteiger partial charge is 0.480 e. The van der Waals surface area contributed by atoms with Gasteiger partial charge in [0.1, 0.15) is 6.54 Å². The van der Waals surface area contributed by atoms with Crippen LogP contribution in [-0.4, -0.2) is 53.7 Å². The van der Waals surface area contributed by atoms with Crippen LogP contribution in [0, 0.1) is 5.41 Å². The van der Waals surface area contributed by atoms with E-state index < -0.39 is 11.4 Å². The molecule has 0 aromatic rings. The van der Waals surface area contributed by atoms with E-state index in [9.17, 15) is 9.59 Å². The number of hydrogen-bond donors (Lipinski definition) is 2. The fourth-order valence-corrected chi connectivity index (χ4v) is 2.14. The van der Waals surface area contributed by atoms with E-state index in [4.69, 9.17) is 15.6 Å². The smallest absolute Gasteiger partial charge is 0.323 e. The van der Waals surface area contributed by atoms with Gasteiger partial charge in [0.05, 0.1) is 18.6 Å². The molecule has 2 unspecified atom stereocenters. The minimum absolute atomic E-state index is 0.0724. The molecule has 96 valence electrons. The number of carboxylic acid groups (broad SMARTS) is 1. The number of carbonyl (C=O) groups excluding carboxylic acids is 1. The predicted octanol–water partition coefficient (Wildman–Crippen LogP) is -0.574. The average molecular weight is 242 g/mol. The highest BCUT2D eigenvalue weighted by atomic mass is 16.5. The number of carboxylic acids is 1. The summed E-state index contributed by atoms with van der Waals surface area (Å²) in [6.45, 7) is 2.14. The molecule has 1 saturated carbocycles. The Morgan fingerprint density at radius 2 is 2.18 bits per heavy atom. The molecule has 2 rings (SSSR count). The monoisotopic (exact) mass is 242 g/mol. The molecule has 1 amide bonds. The van der Waals surface area contributed by atoms with Crippen LogP contribution in [0.5, 0.6) is 0 Å². The normalized spacial score (nSPS) is 32.5. The van der Waals surface area contributed by atoms with Gasteiger partial charge >= 0.3 is 5.97 Å². The first-order chi connectivity index (χ1) is 7.95. The summed E-state index contributed by atoms with van der Waals surface area (Å²) in [7, 11) is 0. The molecular formula is C11H18N2O4. The number of rotatable bonds is 4. The van der Waals surface area contributed by atoms with E-state index in [0.717, 1.165) is 12.8 Å². The van der Waals surface area contributed by atoms with Crippen molar-refractivity contribution < 1.29 is 19.4 Å². The number of nitrogens with two attached hydrogens (primary N) is 1. The van der Waals surface area contributed by atoms with Gasteiger partial charge in [-0.3, -0.25) is 9.59 Å². The van der Waals surface area contributed by atoms with Crippen molar-refractivity contribution in [2.45, 2.75) is 31.8 Å². The first kappa shape index (κ1) is 12.3. The van der Waals surface area contributed by atoms with Crippen LogP contribution in [0.15, 0.2) is 0 Å². The molecule has 2 fully saturated rings. The fourth-order valence-electron chi connectivity index (χ4n) is 2.14. The third-order valence-corrected chi connectivity index (χ3v) is 3.56. The lowest BCUT2D eigenvalue weighted by Crippen LogP contribution is -2.53. The summed E-state index contributed by atoms with van der Waals surface area (Å²) in [6.07, 6.45) is 1.76. The molecule has 1 saturated heterocycles. The van der Waals surface area contributed by atoms with Crippen LogP contribution in [0.1, 0.15) is 19.8 Å². The highest BCUT2D eigenvalue weighted by molar-refractivity contribution is 5.87. The van der Waals surface area contributed by atoms with Crippen LogP contribution in [-0.2, 0) is 14.3 Å². The van der Waals surface area contributed by atoms with Crippen molar-refractivity contribution >= 4 is 11.9 Å². The van der Waals surface area contributed by atoms with Crippen molar-refractivity contribution in [2.75, 3.05) is 19.8 Å². The van der Waals surface area contributed by atoms with Crippen LogP contribution in [0.2, 0.25) is 0 Å². The summed E-state index contributed by atoms with van der Waals surface area (Å²) in [5, 5.41) is 8.85. The SMILES string of the molecule is CC1(C(=O)N(CC(=O)O)C2CC2)COCC1N. The van der Waals surface area contributed by atoms with E-state index in [0.29, 0.717) is 6.61 Å². The maximum atomic E-state index is 12.4. The van der Waals surface area contributed by atoms with Crippen molar-refractivity contribution in [3.05, 3.63) is 0 Å². The van der Waals surface area contributed by atoms with Gasteiger partial charge in [0.25, 0.3) is 0 Å². The fraction of sp³-hybridized carbons (Fsp3) is 0.818. The maximum absolute atomic E-state index is 12.4. The van der Waals surface area contributed by atoms with E-state index in [1.165, 1.54) is 4.90 Å². The Morgan fingerprint density at radius 3 is 2.59 bits per heavy atom. The summed E-state index contributed by atoms with van der Waals surface area (Å²) in [5.41, 5.74) is 5.10. The average Bonchev–Trinajstić information content (AvgIpc) is 3.03. The molecule has 6 heteroatoms. The van der Waals surface area contributed by atoms with Crippen molar-refractivity contribution in [2.24, 2.45) is 11.1 Å². The van der Waals surface area contributed by atoms with E-state index in [1.807, 2.05) is 0 Å². The van der Waals surface area contributed by atoms with E-state index >= 15 is 0 Å². The number of amides is 1. The van der Waals surface area contributed by atoms with Gasteiger partial charge in [-0.15, -0.1) is 0 Å². The van der Waals surface area contributed by atoms with E-state index in [2.05, 4.69) is 0 Å². The van der Waals surface area contributed by atoms with Gasteiger partial charge in [-0.1, -0.05) is 0 Å². The molecule has 2 atom stereocenters. The Balaban J connectivity index is 2.12. The first-order valence-corrected chi connectivity index (χ1v) is 5.81. The van der Waals surface area contributed by atoms with Crippen LogP contribution in [0.4, 0.5) is 0 Å². The molecule has 0 aromatic carbocycles. The number of ether oxygens (including phenoxy) is 1. The molecule has 2 aliphatic rings. The van der Waals surface area contributed by atoms with Crippen LogP contribution in [0.3, 0.4) is 0 Å². The quantitative estimate of drug-likeness (QED) is 0.688. The minimum atomic E-state index is -0.985. The molecule has 1 aliphatic heterocycles. The standard InChI is InChI=1S/C11H18N2O4/c1-11(6-17-5-8(11)12)10(16)13(4-9(14)15)7-2-3-7/h7-8H,2-6,12H2,1H3,(H,14,15). The number of carbonyl (C=O) groups is 2. The van der Waals surface area contributed by atoms with Crippen molar-refractivity contribution in [3.8, 4) is 0 Å². The number of nitrogens with zero attached hydrogens (tertiary/aromatic N) is 1. The van der Waals surface area contributed by atoms with E-state index in [1.54, 1.807) is 6.92 Å². The second-order valence-corrected chi connectivity index (χ2v) is 5.10. The highest BCUT2D eigenvalue weighted by Gasteiger charge is 2.49. The molecule has 0 radical (unpaired) electrons. The Kier molecular flexibility index (Phi) is 3.09. The summed E-state index contributed by atoms with van der Waals surface area (Å²) in [6, 6.07) is -0.284. The second-order valence-electron chi connectivity index (χ2n) is 5.10. The lowest BCUT2D eigenvalue weighted by atomic mass is 9.84. The Labute approximate surface area is 99.7 Å². The third kappa shape index (κ3) is 2.28. The van der Waals surface area contributed by atoms with Crippen LogP contribution >= 0.6 is 0 Å². The van der Waals surface area contributed by atoms with Crippen molar-refractivity contribution in [1.82, 2.24) is 4.90 Å². The van der Waals surface area contributed by atoms with Gasteiger partial charge < -0.3 is 20.5 Å². The maximum Gasteiger partial charge on any atom is 0.323 e. The highest BCUT2D eigenvalue weighted by Crippen LogP contribution is 2.35. The Bertz CT molecular complexity index is 342. The third-order valence-electron chi connectivity index (χ3n) is 3.56. The van der Waals surface area contributed by atoms with Gasteiger partial charge in [-0.05, 0) is 19.8 Å². The summed E-state index contributed by atoms with van der Waals surface area (Å²) in [4.78, 5) is 24.6. The van der Waals surface area contributed by atoms with Crippen molar-refractivity contribution in [3.63, 3.8) is 0 Å². The van der Waals surface area contributed by atoms with Crippen molar-refractivity contribution in [1.29, 1.82) is 0 Å². The molecule has 6 nitrogen and oxygen atoms in total. The molecule has 17 heavy (non-hydrogen) atoms. The van der Waals surface area contributed by atoms with Crippen LogP contribution < -0.4 is 5.73 Å². The summed E-state index contributed by atoms with van der Waals surface area (Å²) < 4.78 is 5.23. The van der Waals surface area contributed by atoms with Gasteiger partial charge in [-0.2, -0.15) is 0 Å². The summed E-state index contributed by atoms with van der Waals surface area (Å²) in [5.74, 6) is -1.17. The zero-order valence-corrected chi connectivity index (χ0v) is 9.89. The Hall–Kier alpha value is -1.14. The van der Waals surface area contributed by atoms with Gasteiger partial charge in [0.2, 0.25) is 5.91 Å². The van der Waals surface area contributed by atoms with Crippen LogP contribution in [0.25, 0.3) is 0 Å². The minimum Gasteiger partial charge on any atom is -0.480 e. The molecule has 1 heterocycles. The topological polar surface area (TPSA) is 92.9 Å². The van der Waals surface area contributed by atoms with Gasteiger partial charge in [-0.25, -0.2) is 0 Å². The molecule has 0 spiro atoms. The second kappa shape index (κ2) is 4.27. The van der Waals surface area contributed by atoms with Gasteiger partial charge in [0.15, 0.2) is 0 Å². The molecule has 1 aliphatic carbocycles. The molecule has 0 aromatic heterocycles. The first-order valence-electron chi connectivity index (χ1n) is 5.81. The zero-order chi connectivity index (χ0) is 12.6. The lowest BCUT2D eigenvalue weighted by molar-refractivity contribution is -0.150. The molecular weight excluding hydrogens is 224 g/mol. The lowest BCUT2D eigenvalue weighted by Gasteiger charge is -2.32. The van der Waals surface area contributed by atoms with E-state index in [-0.39, 0.29) is 31.1 Å².